The molecule has 0 bridgehead atoms. The predicted molar refractivity (Wildman–Crippen MR) is 53.6 cm³/mol. The van der Waals surface area contributed by atoms with E-state index in [1.807, 2.05) is 0 Å². The quantitative estimate of drug-likeness (QED) is 0.671. The number of hydrogen-bond acceptors (Lipinski definition) is 2. The minimum Gasteiger partial charge on any atom is -0.363 e. The van der Waals surface area contributed by atoms with Crippen LogP contribution in [0.3, 0.4) is 0 Å². The molecule has 1 N–H and O–H groups in total. The van der Waals surface area contributed by atoms with E-state index in [1.165, 1.54) is 0 Å². The molecule has 0 aromatic heterocycles. The summed E-state index contributed by atoms with van der Waals surface area (Å²) in [6.45, 7) is 0. The van der Waals surface area contributed by atoms with Crippen LogP contribution in [-0.4, -0.2) is 14.3 Å². The minimum absolute atomic E-state index is 0.414. The third-order valence-corrected chi connectivity index (χ3v) is 2.03. The van der Waals surface area contributed by atoms with E-state index in [0.717, 1.165) is 0 Å². The molecular weight excluding hydrogens is 288 g/mol. The largest absolute Gasteiger partial charge is 0.363 e. The van der Waals surface area contributed by atoms with Crippen LogP contribution in [-0.2, 0) is 0 Å². The standard InChI is InChI=1S/C8H6Br2O2/c9-8(10,12)7(11)6-4-2-1-3-5-6/h1-5,12H. The van der Waals surface area contributed by atoms with Crippen LogP contribution in [0.1, 0.15) is 10.4 Å². The maximum absolute atomic E-state index is 11.3. The minimum atomic E-state index is -1.65. The number of Topliss-reactive ketones (excluding diaryl/α,β-unsaturated/α-hetero) is 1. The topological polar surface area (TPSA) is 37.3 Å². The molecule has 0 saturated heterocycles. The third kappa shape index (κ3) is 2.40. The second kappa shape index (κ2) is 3.68. The molecule has 1 rings (SSSR count). The molecule has 4 heteroatoms. The van der Waals surface area contributed by atoms with Crippen LogP contribution in [0.2, 0.25) is 0 Å². The lowest BCUT2D eigenvalue weighted by molar-refractivity contribution is 0.0845. The molecule has 0 spiro atoms. The molecule has 0 radical (unpaired) electrons. The highest BCUT2D eigenvalue weighted by molar-refractivity contribution is 9.25. The molecule has 0 amide bonds. The first-order chi connectivity index (χ1) is 5.52. The lowest BCUT2D eigenvalue weighted by Gasteiger charge is -2.10. The van der Waals surface area contributed by atoms with E-state index < -0.39 is 9.20 Å². The van der Waals surface area contributed by atoms with Gasteiger partial charge in [-0.3, -0.25) is 4.79 Å². The van der Waals surface area contributed by atoms with E-state index in [9.17, 15) is 9.90 Å². The van der Waals surface area contributed by atoms with Crippen molar-refractivity contribution in [1.82, 2.24) is 0 Å². The summed E-state index contributed by atoms with van der Waals surface area (Å²) in [4.78, 5) is 11.3. The number of carbonyl (C=O) groups excluding carboxylic acids is 1. The van der Waals surface area contributed by atoms with E-state index in [4.69, 9.17) is 0 Å². The predicted octanol–water partition coefficient (Wildman–Crippen LogP) is 2.31. The Hall–Kier alpha value is -0.190. The smallest absolute Gasteiger partial charge is 0.239 e. The third-order valence-electron chi connectivity index (χ3n) is 1.31. The van der Waals surface area contributed by atoms with Crippen molar-refractivity contribution < 1.29 is 9.90 Å². The fraction of sp³-hybridized carbons (Fsp3) is 0.125. The number of aliphatic hydroxyl groups is 1. The molecule has 64 valence electrons. The Morgan fingerprint density at radius 1 is 1.25 bits per heavy atom. The number of carbonyl (C=O) groups is 1. The summed E-state index contributed by atoms with van der Waals surface area (Å²) in [6.07, 6.45) is 0. The number of hydrogen-bond donors (Lipinski definition) is 1. The average Bonchev–Trinajstić information content (AvgIpc) is 2.03. The van der Waals surface area contributed by atoms with Gasteiger partial charge in [-0.05, 0) is 31.9 Å². The van der Waals surface area contributed by atoms with Crippen LogP contribution in [0, 0.1) is 0 Å². The molecule has 1 aromatic rings. The molecule has 0 atom stereocenters. The van der Waals surface area contributed by atoms with E-state index in [1.54, 1.807) is 30.3 Å². The fourth-order valence-electron chi connectivity index (χ4n) is 0.763. The zero-order valence-electron chi connectivity index (χ0n) is 6.00. The number of alkyl halides is 2. The SMILES string of the molecule is O=C(c1ccccc1)C(O)(Br)Br. The summed E-state index contributed by atoms with van der Waals surface area (Å²) >= 11 is 5.61. The van der Waals surface area contributed by atoms with Gasteiger partial charge in [-0.1, -0.05) is 30.3 Å². The molecule has 0 saturated carbocycles. The van der Waals surface area contributed by atoms with Crippen molar-refractivity contribution in [3.05, 3.63) is 35.9 Å². The van der Waals surface area contributed by atoms with Gasteiger partial charge in [0.25, 0.3) is 0 Å². The molecule has 1 aromatic carbocycles. The van der Waals surface area contributed by atoms with Gasteiger partial charge in [-0.2, -0.15) is 0 Å². The Bertz CT molecular complexity index is 277. The summed E-state index contributed by atoms with van der Waals surface area (Å²) in [5, 5.41) is 9.22. The van der Waals surface area contributed by atoms with Crippen LogP contribution >= 0.6 is 31.9 Å². The molecule has 2 nitrogen and oxygen atoms in total. The van der Waals surface area contributed by atoms with Crippen molar-refractivity contribution in [3.8, 4) is 0 Å². The van der Waals surface area contributed by atoms with E-state index in [0.29, 0.717) is 5.56 Å². The van der Waals surface area contributed by atoms with Crippen molar-refractivity contribution in [2.24, 2.45) is 0 Å². The van der Waals surface area contributed by atoms with Gasteiger partial charge in [0, 0.05) is 5.56 Å². The Morgan fingerprint density at radius 3 is 2.17 bits per heavy atom. The summed E-state index contributed by atoms with van der Waals surface area (Å²) in [7, 11) is 0. The van der Waals surface area contributed by atoms with E-state index in [2.05, 4.69) is 31.9 Å². The second-order valence-corrected chi connectivity index (χ2v) is 5.60. The summed E-state index contributed by atoms with van der Waals surface area (Å²) in [6, 6.07) is 8.54. The number of halogens is 2. The van der Waals surface area contributed by atoms with Crippen molar-refractivity contribution in [2.45, 2.75) is 3.42 Å². The van der Waals surface area contributed by atoms with Crippen LogP contribution < -0.4 is 0 Å². The second-order valence-electron chi connectivity index (χ2n) is 2.24. The lowest BCUT2D eigenvalue weighted by atomic mass is 10.1. The molecule has 0 aliphatic rings. The molecule has 0 aliphatic carbocycles. The maximum atomic E-state index is 11.3. The van der Waals surface area contributed by atoms with Crippen molar-refractivity contribution in [1.29, 1.82) is 0 Å². The van der Waals surface area contributed by atoms with Gasteiger partial charge in [-0.15, -0.1) is 0 Å². The van der Waals surface area contributed by atoms with Gasteiger partial charge in [0.15, 0.2) is 0 Å². The lowest BCUT2D eigenvalue weighted by Crippen LogP contribution is -2.23. The zero-order chi connectivity index (χ0) is 9.19. The van der Waals surface area contributed by atoms with Crippen LogP contribution in [0.5, 0.6) is 0 Å². The van der Waals surface area contributed by atoms with Gasteiger partial charge in [0.2, 0.25) is 9.20 Å². The molecule has 0 aliphatic heterocycles. The highest BCUT2D eigenvalue weighted by atomic mass is 79.9. The summed E-state index contributed by atoms with van der Waals surface area (Å²) in [5.74, 6) is -0.414. The Balaban J connectivity index is 2.94. The Morgan fingerprint density at radius 2 is 1.75 bits per heavy atom. The van der Waals surface area contributed by atoms with Gasteiger partial charge >= 0.3 is 0 Å². The molecule has 0 unspecified atom stereocenters. The van der Waals surface area contributed by atoms with Crippen molar-refractivity contribution in [2.75, 3.05) is 0 Å². The highest BCUT2D eigenvalue weighted by Gasteiger charge is 2.29. The molecule has 0 fully saturated rings. The average molecular weight is 294 g/mol. The van der Waals surface area contributed by atoms with Crippen molar-refractivity contribution in [3.63, 3.8) is 0 Å². The first-order valence-corrected chi connectivity index (χ1v) is 4.80. The molecular formula is C8H6Br2O2. The zero-order valence-corrected chi connectivity index (χ0v) is 9.17. The summed E-state index contributed by atoms with van der Waals surface area (Å²) < 4.78 is -1.65. The maximum Gasteiger partial charge on any atom is 0.239 e. The molecule has 0 heterocycles. The van der Waals surface area contributed by atoms with Gasteiger partial charge in [-0.25, -0.2) is 0 Å². The monoisotopic (exact) mass is 292 g/mol. The highest BCUT2D eigenvalue weighted by Crippen LogP contribution is 2.26. The number of rotatable bonds is 2. The fourth-order valence-corrected chi connectivity index (χ4v) is 1.22. The van der Waals surface area contributed by atoms with E-state index in [-0.39, 0.29) is 0 Å². The van der Waals surface area contributed by atoms with Crippen LogP contribution in [0.4, 0.5) is 0 Å². The first-order valence-electron chi connectivity index (χ1n) is 3.22. The Labute approximate surface area is 86.9 Å². The number of benzene rings is 1. The first kappa shape index (κ1) is 9.89. The molecule has 12 heavy (non-hydrogen) atoms. The Kier molecular flexibility index (Phi) is 3.04. The van der Waals surface area contributed by atoms with Gasteiger partial charge in [0.1, 0.15) is 0 Å². The summed E-state index contributed by atoms with van der Waals surface area (Å²) in [5.41, 5.74) is 0.453. The van der Waals surface area contributed by atoms with Gasteiger partial charge in [0.05, 0.1) is 0 Å². The van der Waals surface area contributed by atoms with Crippen LogP contribution in [0.25, 0.3) is 0 Å². The van der Waals surface area contributed by atoms with Crippen LogP contribution in [0.15, 0.2) is 30.3 Å². The van der Waals surface area contributed by atoms with Gasteiger partial charge < -0.3 is 5.11 Å². The van der Waals surface area contributed by atoms with Crippen molar-refractivity contribution >= 4 is 37.6 Å². The normalized spacial score (nSPS) is 11.2. The van der Waals surface area contributed by atoms with E-state index >= 15 is 0 Å². The number of ketones is 1.